The van der Waals surface area contributed by atoms with Crippen LogP contribution in [-0.2, 0) is 55.2 Å². The van der Waals surface area contributed by atoms with Gasteiger partial charge in [0.1, 0.15) is 23.6 Å². The molecule has 3 N–H and O–H groups in total. The first-order valence-electron chi connectivity index (χ1n) is 17.1. The van der Waals surface area contributed by atoms with Crippen LogP contribution in [0.4, 0.5) is 16.3 Å². The summed E-state index contributed by atoms with van der Waals surface area (Å²) in [5.41, 5.74) is 2.72. The van der Waals surface area contributed by atoms with E-state index in [0.717, 1.165) is 27.8 Å². The molecule has 2 aliphatic heterocycles. The summed E-state index contributed by atoms with van der Waals surface area (Å²) in [7, 11) is 3.21. The van der Waals surface area contributed by atoms with E-state index in [-0.39, 0.29) is 37.4 Å². The van der Waals surface area contributed by atoms with E-state index >= 15 is 0 Å². The molecule has 1 saturated heterocycles. The molecule has 6 rings (SSSR count). The standard InChI is InChI=1S/C38H46N6O6/c1-36(2,3)50-35(48)43(4)22-26-9-6-7-10-27(26)23-44(34(47)38(49-5)14-17-39-18-15-38)24-31(45)41-29-13-12-25-20-37(21-28(25)19-29)30-11-8-16-40-32(30)42-33(37)46/h6-13,16,19,39H,14-15,17-18,20-24H2,1-5H3,(H,41,45)(H,40,42,46)/t37-/m1/s1. The number of carbonyl (C=O) groups excluding carboxylic acids is 4. The number of pyridine rings is 1. The van der Waals surface area contributed by atoms with Gasteiger partial charge in [-0.1, -0.05) is 36.4 Å². The van der Waals surface area contributed by atoms with E-state index in [0.29, 0.717) is 50.3 Å². The molecule has 3 aliphatic rings. The van der Waals surface area contributed by atoms with Gasteiger partial charge in [-0.15, -0.1) is 0 Å². The lowest BCUT2D eigenvalue weighted by Crippen LogP contribution is -2.56. The maximum atomic E-state index is 14.3. The molecule has 1 fully saturated rings. The number of nitrogens with one attached hydrogen (secondary N) is 3. The minimum Gasteiger partial charge on any atom is -0.444 e. The fourth-order valence-corrected chi connectivity index (χ4v) is 7.27. The molecule has 0 bridgehead atoms. The first-order valence-corrected chi connectivity index (χ1v) is 17.1. The lowest BCUT2D eigenvalue weighted by atomic mass is 9.79. The summed E-state index contributed by atoms with van der Waals surface area (Å²) in [5, 5.41) is 9.22. The van der Waals surface area contributed by atoms with Crippen molar-refractivity contribution in [2.75, 3.05) is 44.4 Å². The summed E-state index contributed by atoms with van der Waals surface area (Å²) in [4.78, 5) is 61.4. The topological polar surface area (TPSA) is 142 Å². The minimum absolute atomic E-state index is 0.0651. The Morgan fingerprint density at radius 1 is 0.960 bits per heavy atom. The fourth-order valence-electron chi connectivity index (χ4n) is 7.27. The predicted molar refractivity (Wildman–Crippen MR) is 188 cm³/mol. The molecule has 1 aliphatic carbocycles. The van der Waals surface area contributed by atoms with Gasteiger partial charge in [0.15, 0.2) is 0 Å². The second kappa shape index (κ2) is 13.8. The third-order valence-electron chi connectivity index (χ3n) is 9.87. The second-order valence-corrected chi connectivity index (χ2v) is 14.5. The van der Waals surface area contributed by atoms with E-state index in [9.17, 15) is 19.2 Å². The Bertz CT molecular complexity index is 1800. The number of amides is 4. The zero-order chi connectivity index (χ0) is 35.7. The van der Waals surface area contributed by atoms with Crippen molar-refractivity contribution < 1.29 is 28.7 Å². The molecule has 1 aromatic heterocycles. The zero-order valence-corrected chi connectivity index (χ0v) is 29.4. The van der Waals surface area contributed by atoms with Crippen molar-refractivity contribution in [2.45, 2.75) is 76.2 Å². The maximum Gasteiger partial charge on any atom is 0.410 e. The molecule has 0 radical (unpaired) electrons. The SMILES string of the molecule is COC1(C(=O)N(CC(=O)Nc2ccc3c(c2)C[C@@]2(C3)C(=O)Nc3ncccc32)Cc2ccccc2CN(C)C(=O)OC(C)(C)C)CCNCC1. The molecule has 50 heavy (non-hydrogen) atoms. The zero-order valence-electron chi connectivity index (χ0n) is 29.4. The number of anilines is 2. The number of hydrogen-bond donors (Lipinski definition) is 3. The Labute approximate surface area is 292 Å². The van der Waals surface area contributed by atoms with E-state index in [1.54, 1.807) is 25.3 Å². The molecular weight excluding hydrogens is 636 g/mol. The van der Waals surface area contributed by atoms with E-state index in [2.05, 4.69) is 20.9 Å². The number of methoxy groups -OCH3 is 1. The molecule has 12 nitrogen and oxygen atoms in total. The van der Waals surface area contributed by atoms with Crippen molar-refractivity contribution in [3.63, 3.8) is 0 Å². The third kappa shape index (κ3) is 7.08. The van der Waals surface area contributed by atoms with Crippen LogP contribution >= 0.6 is 0 Å². The van der Waals surface area contributed by atoms with Crippen LogP contribution in [0.5, 0.6) is 0 Å². The third-order valence-corrected chi connectivity index (χ3v) is 9.87. The Balaban J connectivity index is 1.21. The van der Waals surface area contributed by atoms with Crippen molar-refractivity contribution in [1.82, 2.24) is 20.1 Å². The van der Waals surface area contributed by atoms with E-state index in [1.165, 1.54) is 4.90 Å². The molecular formula is C38H46N6O6. The average Bonchev–Trinajstić information content (AvgIpc) is 3.60. The number of rotatable bonds is 9. The van der Waals surface area contributed by atoms with Crippen LogP contribution in [0.1, 0.15) is 61.4 Å². The Morgan fingerprint density at radius 2 is 1.66 bits per heavy atom. The molecule has 1 atom stereocenters. The Kier molecular flexibility index (Phi) is 9.69. The Hall–Kier alpha value is -4.81. The molecule has 4 amide bonds. The molecule has 0 saturated carbocycles. The highest BCUT2D eigenvalue weighted by Crippen LogP contribution is 2.47. The van der Waals surface area contributed by atoms with Crippen molar-refractivity contribution in [2.24, 2.45) is 0 Å². The number of fused-ring (bicyclic) bond motifs is 3. The lowest BCUT2D eigenvalue weighted by molar-refractivity contribution is -0.160. The maximum absolute atomic E-state index is 14.3. The normalized spacial score (nSPS) is 18.9. The van der Waals surface area contributed by atoms with Gasteiger partial charge in [0.25, 0.3) is 5.91 Å². The molecule has 1 spiro atoms. The van der Waals surface area contributed by atoms with Crippen LogP contribution in [-0.4, -0.2) is 83.6 Å². The van der Waals surface area contributed by atoms with Crippen LogP contribution in [0, 0.1) is 0 Å². The molecule has 264 valence electrons. The molecule has 0 unspecified atom stereocenters. The first-order chi connectivity index (χ1) is 23.8. The van der Waals surface area contributed by atoms with Gasteiger partial charge in [-0.25, -0.2) is 9.78 Å². The quantitative estimate of drug-likeness (QED) is 0.306. The minimum atomic E-state index is -1.07. The number of ether oxygens (including phenoxy) is 2. The van der Waals surface area contributed by atoms with Crippen molar-refractivity contribution in [3.8, 4) is 0 Å². The largest absolute Gasteiger partial charge is 0.444 e. The van der Waals surface area contributed by atoms with Crippen molar-refractivity contribution in [1.29, 1.82) is 0 Å². The summed E-state index contributed by atoms with van der Waals surface area (Å²) in [6.45, 7) is 6.87. The van der Waals surface area contributed by atoms with Gasteiger partial charge < -0.3 is 35.2 Å². The van der Waals surface area contributed by atoms with Crippen LogP contribution in [0.2, 0.25) is 0 Å². The molecule has 3 aromatic rings. The number of benzene rings is 2. The highest BCUT2D eigenvalue weighted by atomic mass is 16.6. The molecule has 2 aromatic carbocycles. The molecule has 3 heterocycles. The summed E-state index contributed by atoms with van der Waals surface area (Å²) >= 11 is 0. The monoisotopic (exact) mass is 682 g/mol. The molecule has 12 heteroatoms. The first kappa shape index (κ1) is 35.0. The van der Waals surface area contributed by atoms with Gasteiger partial charge in [-0.2, -0.15) is 0 Å². The lowest BCUT2D eigenvalue weighted by Gasteiger charge is -2.39. The average molecular weight is 683 g/mol. The van der Waals surface area contributed by atoms with E-state index < -0.39 is 22.7 Å². The fraction of sp³-hybridized carbons (Fsp3) is 0.447. The summed E-state index contributed by atoms with van der Waals surface area (Å²) in [6.07, 6.45) is 3.22. The number of carbonyl (C=O) groups is 4. The number of piperidine rings is 1. The summed E-state index contributed by atoms with van der Waals surface area (Å²) < 4.78 is 11.4. The number of nitrogens with zero attached hydrogens (tertiary/aromatic N) is 3. The second-order valence-electron chi connectivity index (χ2n) is 14.5. The van der Waals surface area contributed by atoms with Crippen molar-refractivity contribution in [3.05, 3.63) is 88.6 Å². The van der Waals surface area contributed by atoms with Crippen LogP contribution in [0.15, 0.2) is 60.8 Å². The summed E-state index contributed by atoms with van der Waals surface area (Å²) in [6, 6.07) is 17.1. The number of hydrogen-bond acceptors (Lipinski definition) is 8. The van der Waals surface area contributed by atoms with Crippen LogP contribution in [0.3, 0.4) is 0 Å². The number of aromatic nitrogens is 1. The van der Waals surface area contributed by atoms with Crippen LogP contribution in [0.25, 0.3) is 0 Å². The van der Waals surface area contributed by atoms with Gasteiger partial charge in [-0.05, 0) is 100.0 Å². The smallest absolute Gasteiger partial charge is 0.410 e. The van der Waals surface area contributed by atoms with Gasteiger partial charge in [0.05, 0.1) is 5.41 Å². The highest BCUT2D eigenvalue weighted by molar-refractivity contribution is 6.06. The van der Waals surface area contributed by atoms with Crippen molar-refractivity contribution >= 4 is 35.3 Å². The summed E-state index contributed by atoms with van der Waals surface area (Å²) in [5.74, 6) is -0.0843. The highest BCUT2D eigenvalue weighted by Gasteiger charge is 2.51. The van der Waals surface area contributed by atoms with Crippen LogP contribution < -0.4 is 16.0 Å². The Morgan fingerprint density at radius 3 is 2.36 bits per heavy atom. The van der Waals surface area contributed by atoms with Gasteiger partial charge in [-0.3, -0.25) is 14.4 Å². The van der Waals surface area contributed by atoms with E-state index in [1.807, 2.05) is 75.4 Å². The van der Waals surface area contributed by atoms with Gasteiger partial charge in [0.2, 0.25) is 11.8 Å². The van der Waals surface area contributed by atoms with E-state index in [4.69, 9.17) is 9.47 Å². The predicted octanol–water partition coefficient (Wildman–Crippen LogP) is 4.17. The van der Waals surface area contributed by atoms with Gasteiger partial charge in [0, 0.05) is 44.7 Å². The van der Waals surface area contributed by atoms with Gasteiger partial charge >= 0.3 is 6.09 Å².